The van der Waals surface area contributed by atoms with Gasteiger partial charge in [0.1, 0.15) is 16.9 Å². The van der Waals surface area contributed by atoms with Crippen LogP contribution in [0.4, 0.5) is 0 Å². The highest BCUT2D eigenvalue weighted by Gasteiger charge is 2.51. The summed E-state index contributed by atoms with van der Waals surface area (Å²) in [6, 6.07) is 47.0. The second-order valence-corrected chi connectivity index (χ2v) is 15.0. The van der Waals surface area contributed by atoms with Gasteiger partial charge in [-0.15, -0.1) is 0 Å². The number of rotatable bonds is 10. The van der Waals surface area contributed by atoms with E-state index in [2.05, 4.69) is 175 Å². The Hall–Kier alpha value is -5.48. The zero-order valence-corrected chi connectivity index (χ0v) is 31.5. The Morgan fingerprint density at radius 3 is 2.32 bits per heavy atom. The predicted molar refractivity (Wildman–Crippen MR) is 217 cm³/mol. The van der Waals surface area contributed by atoms with Gasteiger partial charge in [0.05, 0.1) is 24.1 Å². The SMILES string of the molecule is CCCCc1ccc2c(c1)oc1c3c(ccc12)C(CCc1ccccc1-c1n(-c2ccccc2)c2ccccc2[n+]1C)C(CC)(CC)[n+]1ccccc1-3. The second kappa shape index (κ2) is 13.5. The topological polar surface area (TPSA) is 25.8 Å². The molecular weight excluding hydrogens is 647 g/mol. The molecule has 0 saturated carbocycles. The van der Waals surface area contributed by atoms with Crippen molar-refractivity contribution >= 4 is 33.0 Å². The first-order chi connectivity index (χ1) is 26.1. The Morgan fingerprint density at radius 2 is 1.49 bits per heavy atom. The van der Waals surface area contributed by atoms with Gasteiger partial charge in [0.2, 0.25) is 5.69 Å². The van der Waals surface area contributed by atoms with E-state index in [1.165, 1.54) is 79.7 Å². The molecule has 0 aliphatic carbocycles. The second-order valence-electron chi connectivity index (χ2n) is 15.0. The quantitative estimate of drug-likeness (QED) is 0.131. The molecule has 0 fully saturated rings. The molecule has 264 valence electrons. The van der Waals surface area contributed by atoms with Crippen molar-refractivity contribution in [2.75, 3.05) is 0 Å². The molecule has 53 heavy (non-hydrogen) atoms. The Morgan fingerprint density at radius 1 is 0.736 bits per heavy atom. The zero-order valence-electron chi connectivity index (χ0n) is 31.5. The molecule has 1 aliphatic rings. The van der Waals surface area contributed by atoms with Crippen LogP contribution in [0, 0.1) is 0 Å². The Labute approximate surface area is 313 Å². The fourth-order valence-electron chi connectivity index (χ4n) is 9.70. The fraction of sp³-hybridized carbons (Fsp3) is 0.265. The summed E-state index contributed by atoms with van der Waals surface area (Å²) in [5.41, 5.74) is 13.5. The summed E-state index contributed by atoms with van der Waals surface area (Å²) in [6.45, 7) is 7.03. The summed E-state index contributed by atoms with van der Waals surface area (Å²) in [5.74, 6) is 1.50. The molecule has 0 bridgehead atoms. The molecule has 0 N–H and O–H groups in total. The van der Waals surface area contributed by atoms with E-state index in [0.29, 0.717) is 5.92 Å². The standard InChI is InChI=1S/C49H49N3O/c1-5-8-18-34-26-28-38-39-29-30-40-41(49(6-2,7-3)51-32-17-16-25-44(51)46(40)47(39)53-45(38)33-34)31-27-35-19-12-13-22-37(35)48-50(4)42-23-14-15-24-43(42)52(48)36-20-10-9-11-21-36/h9-17,19-26,28-30,32-33,41H,5-8,18,27,31H2,1-4H3/q+2. The van der Waals surface area contributed by atoms with Crippen LogP contribution >= 0.6 is 0 Å². The Balaban J connectivity index is 1.19. The van der Waals surface area contributed by atoms with E-state index in [0.717, 1.165) is 43.3 Å². The van der Waals surface area contributed by atoms with Gasteiger partial charge < -0.3 is 4.42 Å². The van der Waals surface area contributed by atoms with E-state index in [1.54, 1.807) is 0 Å². The highest BCUT2D eigenvalue weighted by atomic mass is 16.3. The largest absolute Gasteiger partial charge is 0.455 e. The Bertz CT molecular complexity index is 2610. The maximum Gasteiger partial charge on any atom is 0.295 e. The minimum absolute atomic E-state index is 0.0604. The average Bonchev–Trinajstić information content (AvgIpc) is 3.73. The number of hydrogen-bond acceptors (Lipinski definition) is 1. The summed E-state index contributed by atoms with van der Waals surface area (Å²) in [5, 5.41) is 2.42. The molecule has 4 heterocycles. The smallest absolute Gasteiger partial charge is 0.295 e. The molecule has 0 amide bonds. The molecule has 1 unspecified atom stereocenters. The molecule has 0 saturated heterocycles. The van der Waals surface area contributed by atoms with Gasteiger partial charge in [-0.25, -0.2) is 4.57 Å². The van der Waals surface area contributed by atoms with Crippen molar-refractivity contribution in [3.8, 4) is 28.3 Å². The summed E-state index contributed by atoms with van der Waals surface area (Å²) < 4.78 is 14.3. The number of hydrogen-bond donors (Lipinski definition) is 0. The average molecular weight is 696 g/mol. The van der Waals surface area contributed by atoms with Crippen LogP contribution in [0.1, 0.15) is 75.5 Å². The predicted octanol–water partition coefficient (Wildman–Crippen LogP) is 11.6. The Kier molecular flexibility index (Phi) is 8.49. The van der Waals surface area contributed by atoms with E-state index in [-0.39, 0.29) is 5.54 Å². The zero-order chi connectivity index (χ0) is 36.1. The lowest BCUT2D eigenvalue weighted by Gasteiger charge is -2.40. The molecule has 9 rings (SSSR count). The molecule has 3 aromatic heterocycles. The number of pyridine rings is 1. The number of unbranched alkanes of at least 4 members (excludes halogenated alkanes) is 1. The molecule has 5 aromatic carbocycles. The minimum Gasteiger partial charge on any atom is -0.455 e. The number of benzene rings is 5. The van der Waals surface area contributed by atoms with Crippen molar-refractivity contribution in [2.45, 2.75) is 77.2 Å². The number of aromatic nitrogens is 3. The van der Waals surface area contributed by atoms with E-state index in [4.69, 9.17) is 4.42 Å². The van der Waals surface area contributed by atoms with Crippen LogP contribution in [0.25, 0.3) is 61.3 Å². The lowest BCUT2D eigenvalue weighted by atomic mass is 9.68. The third-order valence-corrected chi connectivity index (χ3v) is 12.4. The minimum atomic E-state index is -0.0604. The van der Waals surface area contributed by atoms with Gasteiger partial charge in [0.25, 0.3) is 5.82 Å². The van der Waals surface area contributed by atoms with Gasteiger partial charge in [0.15, 0.2) is 22.8 Å². The first kappa shape index (κ1) is 33.4. The van der Waals surface area contributed by atoms with Crippen molar-refractivity contribution in [3.63, 3.8) is 0 Å². The van der Waals surface area contributed by atoms with Gasteiger partial charge in [-0.3, -0.25) is 0 Å². The number of para-hydroxylation sites is 3. The van der Waals surface area contributed by atoms with Crippen LogP contribution in [-0.4, -0.2) is 4.57 Å². The molecular formula is C49H49N3O+2. The van der Waals surface area contributed by atoms with Gasteiger partial charge >= 0.3 is 0 Å². The van der Waals surface area contributed by atoms with Crippen LogP contribution in [0.2, 0.25) is 0 Å². The van der Waals surface area contributed by atoms with Crippen molar-refractivity contribution < 1.29 is 13.6 Å². The van der Waals surface area contributed by atoms with Crippen molar-refractivity contribution in [1.29, 1.82) is 0 Å². The van der Waals surface area contributed by atoms with Crippen LogP contribution < -0.4 is 9.13 Å². The monoisotopic (exact) mass is 695 g/mol. The summed E-state index contributed by atoms with van der Waals surface area (Å²) in [7, 11) is 2.21. The fourth-order valence-corrected chi connectivity index (χ4v) is 9.70. The van der Waals surface area contributed by atoms with Gasteiger partial charge in [-0.2, -0.15) is 9.13 Å². The van der Waals surface area contributed by atoms with Crippen LogP contribution in [-0.2, 0) is 25.4 Å². The molecule has 4 heteroatoms. The van der Waals surface area contributed by atoms with Crippen LogP contribution in [0.3, 0.4) is 0 Å². The maximum absolute atomic E-state index is 6.93. The van der Waals surface area contributed by atoms with Crippen LogP contribution in [0.5, 0.6) is 0 Å². The third kappa shape index (κ3) is 5.25. The molecule has 1 atom stereocenters. The molecule has 1 aliphatic heterocycles. The molecule has 8 aromatic rings. The van der Waals surface area contributed by atoms with E-state index < -0.39 is 0 Å². The third-order valence-electron chi connectivity index (χ3n) is 12.4. The van der Waals surface area contributed by atoms with Gasteiger partial charge in [-0.1, -0.05) is 100.0 Å². The molecule has 4 nitrogen and oxygen atoms in total. The first-order valence-corrected chi connectivity index (χ1v) is 19.7. The van der Waals surface area contributed by atoms with Gasteiger partial charge in [0, 0.05) is 35.7 Å². The number of fused-ring (bicyclic) bond motifs is 8. The highest BCUT2D eigenvalue weighted by Crippen LogP contribution is 2.50. The lowest BCUT2D eigenvalue weighted by Crippen LogP contribution is -2.62. The van der Waals surface area contributed by atoms with E-state index >= 15 is 0 Å². The summed E-state index contributed by atoms with van der Waals surface area (Å²) in [4.78, 5) is 0. The highest BCUT2D eigenvalue weighted by molar-refractivity contribution is 6.10. The molecule has 0 spiro atoms. The van der Waals surface area contributed by atoms with Crippen molar-refractivity contribution in [2.24, 2.45) is 7.05 Å². The summed E-state index contributed by atoms with van der Waals surface area (Å²) in [6.07, 6.45) is 9.88. The van der Waals surface area contributed by atoms with Crippen LogP contribution in [0.15, 0.2) is 138 Å². The number of imidazole rings is 1. The van der Waals surface area contributed by atoms with E-state index in [9.17, 15) is 0 Å². The number of nitrogens with zero attached hydrogens (tertiary/aromatic N) is 3. The van der Waals surface area contributed by atoms with Crippen molar-refractivity contribution in [3.05, 3.63) is 150 Å². The first-order valence-electron chi connectivity index (χ1n) is 19.7. The normalized spacial score (nSPS) is 14.9. The number of furan rings is 1. The van der Waals surface area contributed by atoms with Crippen molar-refractivity contribution in [1.82, 2.24) is 4.57 Å². The number of aryl methyl sites for hydroxylation is 3. The van der Waals surface area contributed by atoms with E-state index in [1.807, 2.05) is 0 Å². The maximum atomic E-state index is 6.93. The van der Waals surface area contributed by atoms with Gasteiger partial charge in [-0.05, 0) is 84.8 Å². The molecule has 0 radical (unpaired) electrons. The summed E-state index contributed by atoms with van der Waals surface area (Å²) >= 11 is 0. The lowest BCUT2D eigenvalue weighted by molar-refractivity contribution is -0.762.